The second-order valence-corrected chi connectivity index (χ2v) is 10.4. The van der Waals surface area contributed by atoms with Gasteiger partial charge in [0.15, 0.2) is 5.82 Å². The molecule has 2 aromatic rings. The van der Waals surface area contributed by atoms with Crippen molar-refractivity contribution in [2.45, 2.75) is 69.6 Å². The van der Waals surface area contributed by atoms with Gasteiger partial charge >= 0.3 is 0 Å². The Balaban J connectivity index is 1.89. The summed E-state index contributed by atoms with van der Waals surface area (Å²) in [6, 6.07) is 0. The maximum Gasteiger partial charge on any atom is 0.240 e. The third-order valence-electron chi connectivity index (χ3n) is 6.12. The fourth-order valence-corrected chi connectivity index (χ4v) is 5.09. The quantitative estimate of drug-likeness (QED) is 0.464. The first-order chi connectivity index (χ1) is 16.2. The first-order valence-electron chi connectivity index (χ1n) is 11.2. The average molecular weight is 499 g/mol. The molecule has 5 atom stereocenters. The van der Waals surface area contributed by atoms with E-state index in [0.29, 0.717) is 30.4 Å². The van der Waals surface area contributed by atoms with Crippen molar-refractivity contribution in [3.63, 3.8) is 0 Å². The number of hydrogen-bond acceptors (Lipinski definition) is 10. The zero-order valence-electron chi connectivity index (χ0n) is 20.5. The summed E-state index contributed by atoms with van der Waals surface area (Å²) in [7, 11) is 0.752. The second-order valence-electron chi connectivity index (χ2n) is 8.36. The molecule has 0 aromatic carbocycles. The Morgan fingerprint density at radius 2 is 1.94 bits per heavy atom. The van der Waals surface area contributed by atoms with Crippen molar-refractivity contribution in [1.82, 2.24) is 24.7 Å². The van der Waals surface area contributed by atoms with Crippen LogP contribution in [0.1, 0.15) is 69.8 Å². The molecule has 3 heterocycles. The smallest absolute Gasteiger partial charge is 0.240 e. The van der Waals surface area contributed by atoms with Crippen molar-refractivity contribution in [2.75, 3.05) is 32.7 Å². The molecule has 0 amide bonds. The summed E-state index contributed by atoms with van der Waals surface area (Å²) in [5, 5.41) is 7.60. The first-order valence-corrected chi connectivity index (χ1v) is 12.8. The number of methoxy groups -OCH3 is 3. The van der Waals surface area contributed by atoms with Crippen LogP contribution in [0.5, 0.6) is 5.88 Å². The summed E-state index contributed by atoms with van der Waals surface area (Å²) >= 11 is 0. The van der Waals surface area contributed by atoms with Gasteiger partial charge < -0.3 is 18.9 Å². The topological polar surface area (TPSA) is 140 Å². The van der Waals surface area contributed by atoms with E-state index in [0.717, 1.165) is 12.8 Å². The maximum absolute atomic E-state index is 13.3. The lowest BCUT2D eigenvalue weighted by atomic mass is 10.1. The third kappa shape index (κ3) is 5.82. The van der Waals surface area contributed by atoms with Crippen LogP contribution in [0.25, 0.3) is 0 Å². The van der Waals surface area contributed by atoms with Crippen LogP contribution in [0, 0.1) is 0 Å². The van der Waals surface area contributed by atoms with Crippen LogP contribution in [0.2, 0.25) is 0 Å². The number of ether oxygens (including phenoxy) is 4. The minimum atomic E-state index is -3.88. The van der Waals surface area contributed by atoms with E-state index in [4.69, 9.17) is 18.9 Å². The average Bonchev–Trinajstić information content (AvgIpc) is 3.44. The van der Waals surface area contributed by atoms with Gasteiger partial charge in [-0.2, -0.15) is 0 Å². The van der Waals surface area contributed by atoms with Gasteiger partial charge in [-0.1, -0.05) is 6.92 Å². The van der Waals surface area contributed by atoms with E-state index in [2.05, 4.69) is 24.9 Å². The molecule has 0 radical (unpaired) electrons. The fraction of sp³-hybridized carbons (Fsp3) is 0.714. The summed E-state index contributed by atoms with van der Waals surface area (Å²) in [6.07, 6.45) is 4.34. The van der Waals surface area contributed by atoms with Crippen LogP contribution in [0.15, 0.2) is 12.4 Å². The second kappa shape index (κ2) is 11.4. The van der Waals surface area contributed by atoms with Crippen LogP contribution in [0.3, 0.4) is 0 Å². The van der Waals surface area contributed by atoms with E-state index < -0.39 is 27.4 Å². The van der Waals surface area contributed by atoms with E-state index >= 15 is 0 Å². The fourth-order valence-electron chi connectivity index (χ4n) is 3.84. The zero-order chi connectivity index (χ0) is 24.9. The number of nitrogens with zero attached hydrogens (tertiary/aromatic N) is 5. The van der Waals surface area contributed by atoms with E-state index in [1.54, 1.807) is 32.6 Å². The molecule has 0 aliphatic carbocycles. The lowest BCUT2D eigenvalue weighted by Crippen LogP contribution is -2.32. The third-order valence-corrected chi connectivity index (χ3v) is 7.98. The number of hydrogen-bond donors (Lipinski definition) is 1. The number of anilines is 1. The van der Waals surface area contributed by atoms with Crippen LogP contribution in [-0.2, 0) is 24.2 Å². The molecule has 1 aliphatic heterocycles. The van der Waals surface area contributed by atoms with Crippen molar-refractivity contribution >= 4 is 16.0 Å². The van der Waals surface area contributed by atoms with Crippen LogP contribution in [0.4, 0.5) is 5.95 Å². The Labute approximate surface area is 200 Å². The molecule has 0 spiro atoms. The molecular formula is C21H34N6O6S. The molecule has 0 saturated carbocycles. The molecule has 12 nitrogen and oxygen atoms in total. The molecule has 1 N–H and O–H groups in total. The molecule has 1 unspecified atom stereocenters. The highest BCUT2D eigenvalue weighted by Gasteiger charge is 2.35. The minimum absolute atomic E-state index is 0.0703. The van der Waals surface area contributed by atoms with Gasteiger partial charge in [-0.3, -0.25) is 14.3 Å². The van der Waals surface area contributed by atoms with Crippen LogP contribution >= 0.6 is 0 Å². The highest BCUT2D eigenvalue weighted by atomic mass is 32.2. The van der Waals surface area contributed by atoms with Gasteiger partial charge in [0.05, 0.1) is 43.2 Å². The Bertz CT molecular complexity index is 1030. The van der Waals surface area contributed by atoms with E-state index in [-0.39, 0.29) is 18.2 Å². The van der Waals surface area contributed by atoms with Gasteiger partial charge in [0, 0.05) is 26.6 Å². The number of rotatable bonds is 12. The largest absolute Gasteiger partial charge is 0.480 e. The Kier molecular flexibility index (Phi) is 8.79. The molecule has 1 saturated heterocycles. The van der Waals surface area contributed by atoms with E-state index in [1.165, 1.54) is 19.5 Å². The monoisotopic (exact) mass is 498 g/mol. The predicted molar refractivity (Wildman–Crippen MR) is 124 cm³/mol. The van der Waals surface area contributed by atoms with E-state index in [1.807, 2.05) is 6.92 Å². The number of aromatic nitrogens is 5. The van der Waals surface area contributed by atoms with Gasteiger partial charge in [-0.25, -0.2) is 13.4 Å². The number of sulfonamides is 1. The molecule has 190 valence electrons. The number of nitrogens with one attached hydrogen (secondary N) is 1. The Morgan fingerprint density at radius 1 is 1.18 bits per heavy atom. The Morgan fingerprint density at radius 3 is 2.50 bits per heavy atom. The van der Waals surface area contributed by atoms with Crippen LogP contribution in [-0.4, -0.2) is 72.4 Å². The standard InChI is InChI=1S/C21H34N6O6S/c1-13-7-8-17(33-13)20-24-25-21(27(20)19(32-6)9-10-30-4)26-34(28,29)15(3)14(2)16-11-23-18(31-5)12-22-16/h11-15,17,19H,7-10H2,1-6H3,(H,25,26)/t13-,14-,15-,17-,19?/m0/s1. The van der Waals surface area contributed by atoms with Gasteiger partial charge in [0.1, 0.15) is 12.3 Å². The van der Waals surface area contributed by atoms with Gasteiger partial charge in [-0.05, 0) is 26.7 Å². The predicted octanol–water partition coefficient (Wildman–Crippen LogP) is 2.43. The zero-order valence-corrected chi connectivity index (χ0v) is 21.3. The van der Waals surface area contributed by atoms with Crippen LogP contribution < -0.4 is 9.46 Å². The lowest BCUT2D eigenvalue weighted by molar-refractivity contribution is 0.00194. The molecule has 1 fully saturated rings. The Hall–Kier alpha value is -2.35. The highest BCUT2D eigenvalue weighted by Crippen LogP contribution is 2.35. The molecular weight excluding hydrogens is 464 g/mol. The lowest BCUT2D eigenvalue weighted by Gasteiger charge is -2.24. The summed E-state index contributed by atoms with van der Waals surface area (Å²) in [6.45, 7) is 5.80. The van der Waals surface area contributed by atoms with Crippen molar-refractivity contribution in [2.24, 2.45) is 0 Å². The summed E-state index contributed by atoms with van der Waals surface area (Å²) in [5.41, 5.74) is 0.532. The first kappa shape index (κ1) is 26.3. The summed E-state index contributed by atoms with van der Waals surface area (Å²) < 4.78 is 52.8. The maximum atomic E-state index is 13.3. The van der Waals surface area contributed by atoms with Crippen molar-refractivity contribution < 1.29 is 27.4 Å². The van der Waals surface area contributed by atoms with Crippen molar-refractivity contribution in [3.8, 4) is 5.88 Å². The van der Waals surface area contributed by atoms with Gasteiger partial charge in [0.2, 0.25) is 21.9 Å². The van der Waals surface area contributed by atoms with Crippen molar-refractivity contribution in [1.29, 1.82) is 0 Å². The van der Waals surface area contributed by atoms with Gasteiger partial charge in [0.25, 0.3) is 0 Å². The van der Waals surface area contributed by atoms with Crippen molar-refractivity contribution in [3.05, 3.63) is 23.9 Å². The summed E-state index contributed by atoms with van der Waals surface area (Å²) in [5.74, 6) is 0.500. The van der Waals surface area contributed by atoms with Gasteiger partial charge in [-0.15, -0.1) is 10.2 Å². The highest BCUT2D eigenvalue weighted by molar-refractivity contribution is 7.93. The molecule has 1 aliphatic rings. The van der Waals surface area contributed by atoms with E-state index in [9.17, 15) is 8.42 Å². The molecule has 3 rings (SSSR count). The molecule has 13 heteroatoms. The normalized spacial score (nSPS) is 21.2. The molecule has 34 heavy (non-hydrogen) atoms. The minimum Gasteiger partial charge on any atom is -0.480 e. The summed E-state index contributed by atoms with van der Waals surface area (Å²) in [4.78, 5) is 8.41. The molecule has 0 bridgehead atoms. The molecule has 2 aromatic heterocycles. The SMILES string of the molecule is COCCC(OC)n1c(NS(=O)(=O)[C@@H](C)[C@H](C)c2cnc(OC)cn2)nnc1[C@@H]1CC[C@H](C)O1.